The second-order valence-corrected chi connectivity index (χ2v) is 7.43. The number of anilines is 1. The number of benzene rings is 1. The average molecular weight is 328 g/mol. The highest BCUT2D eigenvalue weighted by Crippen LogP contribution is 2.29. The van der Waals surface area contributed by atoms with Crippen molar-refractivity contribution in [1.82, 2.24) is 10.2 Å². The zero-order valence-electron chi connectivity index (χ0n) is 15.0. The van der Waals surface area contributed by atoms with E-state index in [0.29, 0.717) is 5.41 Å². The molecule has 3 rings (SSSR count). The third kappa shape index (κ3) is 3.55. The average Bonchev–Trinajstić information content (AvgIpc) is 3.14. The van der Waals surface area contributed by atoms with Crippen LogP contribution in [0, 0.1) is 5.41 Å². The molecular formula is C19H28N4O. The molecule has 2 aliphatic rings. The summed E-state index contributed by atoms with van der Waals surface area (Å²) in [7, 11) is 0. The van der Waals surface area contributed by atoms with Gasteiger partial charge in [-0.25, -0.2) is 4.99 Å². The van der Waals surface area contributed by atoms with Crippen LogP contribution in [-0.2, 0) is 11.2 Å². The second kappa shape index (κ2) is 6.83. The highest BCUT2D eigenvalue weighted by Gasteiger charge is 2.31. The standard InChI is InChI=1S/C19H28N4O/c1-4-20-18(22-12-10-19(2,3)14-22)21-13-17(24)23-11-9-15-7-5-6-8-16(15)23/h5-8H,4,9-14H2,1-3H3,(H,20,21). The topological polar surface area (TPSA) is 47.9 Å². The van der Waals surface area contributed by atoms with Gasteiger partial charge in [0.25, 0.3) is 0 Å². The minimum Gasteiger partial charge on any atom is -0.357 e. The lowest BCUT2D eigenvalue weighted by Gasteiger charge is -2.24. The van der Waals surface area contributed by atoms with Crippen LogP contribution in [0.25, 0.3) is 0 Å². The summed E-state index contributed by atoms with van der Waals surface area (Å²) in [5.74, 6) is 0.942. The Morgan fingerprint density at radius 2 is 2.08 bits per heavy atom. The number of guanidine groups is 1. The van der Waals surface area contributed by atoms with E-state index in [-0.39, 0.29) is 12.5 Å². The normalized spacial score (nSPS) is 19.5. The van der Waals surface area contributed by atoms with Crippen molar-refractivity contribution in [3.05, 3.63) is 29.8 Å². The molecule has 24 heavy (non-hydrogen) atoms. The van der Waals surface area contributed by atoms with E-state index in [2.05, 4.69) is 42.0 Å². The van der Waals surface area contributed by atoms with Crippen molar-refractivity contribution in [2.45, 2.75) is 33.6 Å². The van der Waals surface area contributed by atoms with E-state index >= 15 is 0 Å². The van der Waals surface area contributed by atoms with Crippen LogP contribution in [-0.4, -0.2) is 49.5 Å². The summed E-state index contributed by atoms with van der Waals surface area (Å²) in [6, 6.07) is 8.15. The number of likely N-dealkylation sites (tertiary alicyclic amines) is 1. The Morgan fingerprint density at radius 1 is 1.29 bits per heavy atom. The van der Waals surface area contributed by atoms with Gasteiger partial charge in [0, 0.05) is 31.9 Å². The van der Waals surface area contributed by atoms with E-state index in [9.17, 15) is 4.79 Å². The number of nitrogens with one attached hydrogen (secondary N) is 1. The number of nitrogens with zero attached hydrogens (tertiary/aromatic N) is 3. The van der Waals surface area contributed by atoms with Crippen LogP contribution in [0.15, 0.2) is 29.3 Å². The highest BCUT2D eigenvalue weighted by atomic mass is 16.2. The van der Waals surface area contributed by atoms with Crippen molar-refractivity contribution in [3.63, 3.8) is 0 Å². The summed E-state index contributed by atoms with van der Waals surface area (Å²) in [5, 5.41) is 3.33. The molecule has 1 aromatic carbocycles. The van der Waals surface area contributed by atoms with Crippen molar-refractivity contribution in [3.8, 4) is 0 Å². The van der Waals surface area contributed by atoms with E-state index in [1.807, 2.05) is 23.1 Å². The molecule has 0 bridgehead atoms. The van der Waals surface area contributed by atoms with Crippen LogP contribution >= 0.6 is 0 Å². The molecule has 2 heterocycles. The lowest BCUT2D eigenvalue weighted by atomic mass is 9.93. The zero-order chi connectivity index (χ0) is 17.2. The molecule has 0 aromatic heterocycles. The number of fused-ring (bicyclic) bond motifs is 1. The quantitative estimate of drug-likeness (QED) is 0.684. The first kappa shape index (κ1) is 16.8. The largest absolute Gasteiger partial charge is 0.357 e. The van der Waals surface area contributed by atoms with Crippen molar-refractivity contribution in [2.75, 3.05) is 37.6 Å². The number of carbonyl (C=O) groups excluding carboxylic acids is 1. The lowest BCUT2D eigenvalue weighted by molar-refractivity contribution is -0.117. The molecule has 0 atom stereocenters. The maximum atomic E-state index is 12.6. The fourth-order valence-electron chi connectivity index (χ4n) is 3.54. The van der Waals surface area contributed by atoms with Crippen molar-refractivity contribution in [2.24, 2.45) is 10.4 Å². The minimum absolute atomic E-state index is 0.0776. The molecule has 0 unspecified atom stereocenters. The fourth-order valence-corrected chi connectivity index (χ4v) is 3.54. The van der Waals surface area contributed by atoms with Crippen molar-refractivity contribution in [1.29, 1.82) is 0 Å². The molecular weight excluding hydrogens is 300 g/mol. The number of hydrogen-bond donors (Lipinski definition) is 1. The summed E-state index contributed by atoms with van der Waals surface area (Å²) in [4.78, 5) is 21.4. The summed E-state index contributed by atoms with van der Waals surface area (Å²) in [6.07, 6.45) is 2.09. The Morgan fingerprint density at radius 3 is 2.79 bits per heavy atom. The van der Waals surface area contributed by atoms with Crippen LogP contribution in [0.4, 0.5) is 5.69 Å². The predicted octanol–water partition coefficient (Wildman–Crippen LogP) is 2.27. The van der Waals surface area contributed by atoms with Crippen LogP contribution in [0.1, 0.15) is 32.8 Å². The van der Waals surface area contributed by atoms with Crippen LogP contribution in [0.5, 0.6) is 0 Å². The molecule has 5 nitrogen and oxygen atoms in total. The number of para-hydroxylation sites is 1. The number of hydrogen-bond acceptors (Lipinski definition) is 2. The third-order valence-electron chi connectivity index (χ3n) is 4.86. The first-order valence-electron chi connectivity index (χ1n) is 8.92. The maximum absolute atomic E-state index is 12.6. The molecule has 0 spiro atoms. The molecule has 130 valence electrons. The van der Waals surface area contributed by atoms with Crippen LogP contribution in [0.2, 0.25) is 0 Å². The van der Waals surface area contributed by atoms with Gasteiger partial charge in [0.1, 0.15) is 6.54 Å². The van der Waals surface area contributed by atoms with Gasteiger partial charge in [-0.05, 0) is 36.8 Å². The summed E-state index contributed by atoms with van der Waals surface area (Å²) in [6.45, 7) is 10.4. The SMILES string of the molecule is CCNC(=NCC(=O)N1CCc2ccccc21)N1CCC(C)(C)C1. The van der Waals surface area contributed by atoms with Gasteiger partial charge >= 0.3 is 0 Å². The smallest absolute Gasteiger partial charge is 0.248 e. The Balaban J connectivity index is 1.68. The van der Waals surface area contributed by atoms with Crippen LogP contribution in [0.3, 0.4) is 0 Å². The zero-order valence-corrected chi connectivity index (χ0v) is 15.0. The molecule has 1 fully saturated rings. The van der Waals surface area contributed by atoms with Gasteiger partial charge in [-0.3, -0.25) is 4.79 Å². The van der Waals surface area contributed by atoms with E-state index in [4.69, 9.17) is 0 Å². The number of aliphatic imine (C=N–C) groups is 1. The van der Waals surface area contributed by atoms with Gasteiger partial charge in [0.2, 0.25) is 5.91 Å². The summed E-state index contributed by atoms with van der Waals surface area (Å²) >= 11 is 0. The molecule has 1 N–H and O–H groups in total. The summed E-state index contributed by atoms with van der Waals surface area (Å²) < 4.78 is 0. The number of carbonyl (C=O) groups is 1. The first-order valence-corrected chi connectivity index (χ1v) is 8.92. The van der Waals surface area contributed by atoms with Gasteiger partial charge in [-0.15, -0.1) is 0 Å². The molecule has 1 saturated heterocycles. The molecule has 0 saturated carbocycles. The first-order chi connectivity index (χ1) is 11.5. The molecule has 1 aromatic rings. The Bertz CT molecular complexity index is 638. The van der Waals surface area contributed by atoms with Gasteiger partial charge in [-0.2, -0.15) is 0 Å². The molecule has 1 amide bonds. The molecule has 5 heteroatoms. The van der Waals surface area contributed by atoms with Crippen LogP contribution < -0.4 is 10.2 Å². The Labute approximate surface area is 144 Å². The van der Waals surface area contributed by atoms with Gasteiger partial charge < -0.3 is 15.1 Å². The third-order valence-corrected chi connectivity index (χ3v) is 4.86. The van der Waals surface area contributed by atoms with E-state index in [0.717, 1.165) is 50.7 Å². The van der Waals surface area contributed by atoms with Gasteiger partial charge in [0.15, 0.2) is 5.96 Å². The number of rotatable bonds is 3. The Hall–Kier alpha value is -2.04. The van der Waals surface area contributed by atoms with Crippen molar-refractivity contribution < 1.29 is 4.79 Å². The maximum Gasteiger partial charge on any atom is 0.248 e. The van der Waals surface area contributed by atoms with E-state index < -0.39 is 0 Å². The highest BCUT2D eigenvalue weighted by molar-refractivity contribution is 5.98. The van der Waals surface area contributed by atoms with E-state index in [1.54, 1.807) is 0 Å². The monoisotopic (exact) mass is 328 g/mol. The molecule has 2 aliphatic heterocycles. The fraction of sp³-hybridized carbons (Fsp3) is 0.579. The summed E-state index contributed by atoms with van der Waals surface area (Å²) in [5.41, 5.74) is 2.61. The molecule has 0 aliphatic carbocycles. The molecule has 0 radical (unpaired) electrons. The number of amides is 1. The van der Waals surface area contributed by atoms with Crippen molar-refractivity contribution >= 4 is 17.6 Å². The van der Waals surface area contributed by atoms with Gasteiger partial charge in [-0.1, -0.05) is 32.0 Å². The minimum atomic E-state index is 0.0776. The lowest BCUT2D eigenvalue weighted by Crippen LogP contribution is -2.41. The van der Waals surface area contributed by atoms with E-state index in [1.165, 1.54) is 5.56 Å². The predicted molar refractivity (Wildman–Crippen MR) is 98.4 cm³/mol. The second-order valence-electron chi connectivity index (χ2n) is 7.43. The Kier molecular flexibility index (Phi) is 4.78. The van der Waals surface area contributed by atoms with Gasteiger partial charge in [0.05, 0.1) is 0 Å².